The van der Waals surface area contributed by atoms with E-state index >= 15 is 0 Å². The Labute approximate surface area is 200 Å². The van der Waals surface area contributed by atoms with Crippen LogP contribution in [-0.4, -0.2) is 34.0 Å². The molecule has 0 aliphatic carbocycles. The van der Waals surface area contributed by atoms with Gasteiger partial charge in [-0.1, -0.05) is 30.3 Å². The van der Waals surface area contributed by atoms with Crippen molar-refractivity contribution in [3.05, 3.63) is 90.0 Å². The van der Waals surface area contributed by atoms with E-state index in [9.17, 15) is 19.2 Å². The Kier molecular flexibility index (Phi) is 8.42. The van der Waals surface area contributed by atoms with Gasteiger partial charge in [0.15, 0.2) is 0 Å². The number of carbonyl (C=O) groups is 4. The molecule has 3 rings (SSSR count). The second-order valence-corrected chi connectivity index (χ2v) is 8.43. The van der Waals surface area contributed by atoms with Crippen LogP contribution in [-0.2, 0) is 14.4 Å². The summed E-state index contributed by atoms with van der Waals surface area (Å²) >= 11 is 1.32. The molecule has 0 saturated heterocycles. The van der Waals surface area contributed by atoms with Crippen molar-refractivity contribution < 1.29 is 29.4 Å². The van der Waals surface area contributed by atoms with Crippen molar-refractivity contribution in [3.8, 4) is 0 Å². The van der Waals surface area contributed by atoms with Gasteiger partial charge in [-0.3, -0.25) is 14.4 Å². The number of hydrogen-bond acceptors (Lipinski definition) is 5. The molecule has 0 saturated carbocycles. The summed E-state index contributed by atoms with van der Waals surface area (Å²) in [5, 5.41) is 22.6. The number of amides is 2. The molecular formula is C25H22N2O6S. The number of nitrogens with one attached hydrogen (secondary N) is 2. The number of thioether (sulfide) groups is 1. The van der Waals surface area contributed by atoms with E-state index in [0.717, 1.165) is 10.5 Å². The quantitative estimate of drug-likeness (QED) is 0.312. The fourth-order valence-corrected chi connectivity index (χ4v) is 4.03. The van der Waals surface area contributed by atoms with Crippen LogP contribution in [0.3, 0.4) is 0 Å². The van der Waals surface area contributed by atoms with Crippen LogP contribution < -0.4 is 10.6 Å². The third-order valence-corrected chi connectivity index (χ3v) is 5.96. The minimum absolute atomic E-state index is 0.116. The molecule has 3 aromatic carbocycles. The van der Waals surface area contributed by atoms with Crippen LogP contribution in [0.25, 0.3) is 0 Å². The normalized spacial score (nSPS) is 11.3. The highest BCUT2D eigenvalue weighted by Crippen LogP contribution is 2.36. The molecule has 2 amide bonds. The van der Waals surface area contributed by atoms with E-state index in [1.54, 1.807) is 24.3 Å². The number of carboxylic acids is 2. The summed E-state index contributed by atoms with van der Waals surface area (Å²) in [7, 11) is 0. The monoisotopic (exact) mass is 478 g/mol. The predicted octanol–water partition coefficient (Wildman–Crippen LogP) is 4.66. The first-order chi connectivity index (χ1) is 16.3. The first-order valence-corrected chi connectivity index (χ1v) is 11.2. The van der Waals surface area contributed by atoms with E-state index in [2.05, 4.69) is 10.6 Å². The summed E-state index contributed by atoms with van der Waals surface area (Å²) in [5.74, 6) is -2.74. The van der Waals surface area contributed by atoms with Gasteiger partial charge in [-0.25, -0.2) is 4.79 Å². The summed E-state index contributed by atoms with van der Waals surface area (Å²) in [6.45, 7) is 0. The Morgan fingerprint density at radius 1 is 0.735 bits per heavy atom. The van der Waals surface area contributed by atoms with Gasteiger partial charge in [0.05, 0.1) is 12.0 Å². The number of benzene rings is 3. The van der Waals surface area contributed by atoms with Crippen LogP contribution in [0, 0.1) is 0 Å². The van der Waals surface area contributed by atoms with Gasteiger partial charge in [0.1, 0.15) is 5.25 Å². The van der Waals surface area contributed by atoms with Gasteiger partial charge in [-0.15, -0.1) is 11.8 Å². The van der Waals surface area contributed by atoms with Crippen molar-refractivity contribution >= 4 is 46.9 Å². The molecule has 9 heteroatoms. The minimum Gasteiger partial charge on any atom is -0.481 e. The van der Waals surface area contributed by atoms with Crippen molar-refractivity contribution in [3.63, 3.8) is 0 Å². The van der Waals surface area contributed by atoms with Gasteiger partial charge in [0.25, 0.3) is 0 Å². The van der Waals surface area contributed by atoms with Gasteiger partial charge in [-0.2, -0.15) is 0 Å². The van der Waals surface area contributed by atoms with Gasteiger partial charge < -0.3 is 20.8 Å². The number of aliphatic carboxylic acids is 1. The fraction of sp³-hybridized carbons (Fsp3) is 0.120. The highest BCUT2D eigenvalue weighted by molar-refractivity contribution is 8.00. The van der Waals surface area contributed by atoms with E-state index < -0.39 is 23.1 Å². The Morgan fingerprint density at radius 3 is 1.91 bits per heavy atom. The SMILES string of the molecule is O=C(O)CCC(=O)Nc1ccc(SC(C(=O)Nc2ccc(C(=O)O)cc2)c2ccccc2)cc1. The van der Waals surface area contributed by atoms with Crippen LogP contribution in [0.2, 0.25) is 0 Å². The molecule has 174 valence electrons. The molecule has 0 aliphatic heterocycles. The zero-order chi connectivity index (χ0) is 24.5. The Morgan fingerprint density at radius 2 is 1.32 bits per heavy atom. The molecule has 1 unspecified atom stereocenters. The molecule has 3 aromatic rings. The molecule has 0 bridgehead atoms. The van der Waals surface area contributed by atoms with Crippen LogP contribution in [0.4, 0.5) is 11.4 Å². The Balaban J connectivity index is 1.71. The summed E-state index contributed by atoms with van der Waals surface area (Å²) in [4.78, 5) is 47.4. The predicted molar refractivity (Wildman–Crippen MR) is 129 cm³/mol. The lowest BCUT2D eigenvalue weighted by molar-refractivity contribution is -0.138. The zero-order valence-corrected chi connectivity index (χ0v) is 18.7. The number of aromatic carboxylic acids is 1. The van der Waals surface area contributed by atoms with Crippen molar-refractivity contribution in [2.45, 2.75) is 23.0 Å². The fourth-order valence-electron chi connectivity index (χ4n) is 3.00. The number of carboxylic acid groups (broad SMARTS) is 2. The first kappa shape index (κ1) is 24.5. The molecule has 0 spiro atoms. The number of rotatable bonds is 10. The molecule has 0 heterocycles. The maximum Gasteiger partial charge on any atom is 0.335 e. The number of carbonyl (C=O) groups excluding carboxylic acids is 2. The average Bonchev–Trinajstić information content (AvgIpc) is 2.83. The molecular weight excluding hydrogens is 456 g/mol. The van der Waals surface area contributed by atoms with Gasteiger partial charge in [0, 0.05) is 22.7 Å². The van der Waals surface area contributed by atoms with E-state index in [1.165, 1.54) is 36.0 Å². The van der Waals surface area contributed by atoms with E-state index in [1.807, 2.05) is 30.3 Å². The molecule has 0 aliphatic rings. The molecule has 1 atom stereocenters. The smallest absolute Gasteiger partial charge is 0.335 e. The van der Waals surface area contributed by atoms with Crippen molar-refractivity contribution in [2.24, 2.45) is 0 Å². The highest BCUT2D eigenvalue weighted by atomic mass is 32.2. The second-order valence-electron chi connectivity index (χ2n) is 7.25. The average molecular weight is 479 g/mol. The zero-order valence-electron chi connectivity index (χ0n) is 17.9. The number of anilines is 2. The summed E-state index contributed by atoms with van der Waals surface area (Å²) in [5.41, 5.74) is 1.93. The van der Waals surface area contributed by atoms with Crippen LogP contribution in [0.1, 0.15) is 34.0 Å². The number of hydrogen-bond donors (Lipinski definition) is 4. The third-order valence-electron chi connectivity index (χ3n) is 4.70. The van der Waals surface area contributed by atoms with E-state index in [4.69, 9.17) is 10.2 Å². The van der Waals surface area contributed by atoms with Gasteiger partial charge >= 0.3 is 11.9 Å². The van der Waals surface area contributed by atoms with Gasteiger partial charge in [0.2, 0.25) is 11.8 Å². The lowest BCUT2D eigenvalue weighted by Gasteiger charge is -2.17. The van der Waals surface area contributed by atoms with E-state index in [-0.39, 0.29) is 24.3 Å². The highest BCUT2D eigenvalue weighted by Gasteiger charge is 2.22. The standard InChI is InChI=1S/C25H22N2O6S/c28-21(14-15-22(29)30)26-18-10-12-20(13-11-18)34-23(16-4-2-1-3-5-16)24(31)27-19-8-6-17(7-9-19)25(32)33/h1-13,23H,14-15H2,(H,26,28)(H,27,31)(H,29,30)(H,32,33). The van der Waals surface area contributed by atoms with E-state index in [0.29, 0.717) is 11.4 Å². The second kappa shape index (κ2) is 11.7. The maximum atomic E-state index is 13.1. The van der Waals surface area contributed by atoms with Gasteiger partial charge in [-0.05, 0) is 54.1 Å². The van der Waals surface area contributed by atoms with Crippen molar-refractivity contribution in [1.29, 1.82) is 0 Å². The Hall–Kier alpha value is -4.11. The van der Waals surface area contributed by atoms with Crippen LogP contribution in [0.5, 0.6) is 0 Å². The molecule has 4 N–H and O–H groups in total. The minimum atomic E-state index is -1.04. The van der Waals surface area contributed by atoms with Crippen LogP contribution >= 0.6 is 11.8 Å². The topological polar surface area (TPSA) is 133 Å². The Bertz CT molecular complexity index is 1160. The largest absolute Gasteiger partial charge is 0.481 e. The summed E-state index contributed by atoms with van der Waals surface area (Å²) in [6, 6.07) is 22.1. The van der Waals surface area contributed by atoms with Crippen molar-refractivity contribution in [2.75, 3.05) is 10.6 Å². The molecule has 34 heavy (non-hydrogen) atoms. The lowest BCUT2D eigenvalue weighted by atomic mass is 10.1. The molecule has 0 aromatic heterocycles. The lowest BCUT2D eigenvalue weighted by Crippen LogP contribution is -2.19. The molecule has 0 radical (unpaired) electrons. The molecule has 0 fully saturated rings. The maximum absolute atomic E-state index is 13.1. The third kappa shape index (κ3) is 7.21. The van der Waals surface area contributed by atoms with Crippen molar-refractivity contribution in [1.82, 2.24) is 0 Å². The van der Waals surface area contributed by atoms with Crippen LogP contribution in [0.15, 0.2) is 83.8 Å². The summed E-state index contributed by atoms with van der Waals surface area (Å²) < 4.78 is 0. The molecule has 8 nitrogen and oxygen atoms in total. The summed E-state index contributed by atoms with van der Waals surface area (Å²) in [6.07, 6.45) is -0.359. The first-order valence-electron chi connectivity index (χ1n) is 10.3.